The van der Waals surface area contributed by atoms with E-state index >= 15 is 0 Å². The molecule has 2 nitrogen and oxygen atoms in total. The fourth-order valence-electron chi connectivity index (χ4n) is 0.0745. The molecule has 0 aliphatic carbocycles. The van der Waals surface area contributed by atoms with Gasteiger partial charge < -0.3 is 10.8 Å². The first-order valence-electron chi connectivity index (χ1n) is 1.76. The molecule has 46 valence electrons. The number of hydrogen-bond donors (Lipinski definition) is 2. The van der Waals surface area contributed by atoms with Crippen LogP contribution >= 0.6 is 32.9 Å². The smallest absolute Gasteiger partial charge is 0.0568 e. The van der Waals surface area contributed by atoms with Crippen LogP contribution < -0.4 is 5.73 Å². The van der Waals surface area contributed by atoms with Gasteiger partial charge in [0, 0.05) is 11.4 Å². The number of nitrogens with two attached hydrogens (primary N) is 1. The molecule has 0 heterocycles. The molecule has 0 aliphatic heterocycles. The maximum atomic E-state index is 8.21. The first-order valence-corrected chi connectivity index (χ1v) is 2.67. The average Bonchev–Trinajstić information content (AvgIpc) is 1.65. The predicted molar refractivity (Wildman–Crippen MR) is 39.2 cm³/mol. The molecular formula is C3H9Br2NO. The van der Waals surface area contributed by atoms with Crippen LogP contribution in [0.4, 0.5) is 0 Å². The monoisotopic (exact) mass is 233 g/mol. The highest BCUT2D eigenvalue weighted by Gasteiger charge is 1.93. The lowest BCUT2D eigenvalue weighted by Crippen LogP contribution is -2.16. The molecule has 0 aromatic rings. The van der Waals surface area contributed by atoms with Crippen molar-refractivity contribution in [2.45, 2.75) is 4.83 Å². The van der Waals surface area contributed by atoms with Gasteiger partial charge in [0.2, 0.25) is 0 Å². The van der Waals surface area contributed by atoms with E-state index < -0.39 is 0 Å². The number of alkyl halides is 1. The number of halogens is 2. The molecule has 0 spiro atoms. The molecule has 0 radical (unpaired) electrons. The van der Waals surface area contributed by atoms with Crippen molar-refractivity contribution in [1.29, 1.82) is 0 Å². The summed E-state index contributed by atoms with van der Waals surface area (Å²) in [6.45, 7) is 0.618. The van der Waals surface area contributed by atoms with Crippen LogP contribution in [0.3, 0.4) is 0 Å². The summed E-state index contributed by atoms with van der Waals surface area (Å²) in [7, 11) is 0. The summed E-state index contributed by atoms with van der Waals surface area (Å²) in [5, 5.41) is 8.21. The van der Waals surface area contributed by atoms with Gasteiger partial charge in [0.1, 0.15) is 0 Å². The van der Waals surface area contributed by atoms with Gasteiger partial charge in [0.15, 0.2) is 0 Å². The topological polar surface area (TPSA) is 46.2 Å². The highest BCUT2D eigenvalue weighted by atomic mass is 79.9. The highest BCUT2D eigenvalue weighted by molar-refractivity contribution is 9.09. The zero-order valence-corrected chi connectivity index (χ0v) is 7.10. The van der Waals surface area contributed by atoms with Crippen LogP contribution in [-0.2, 0) is 0 Å². The van der Waals surface area contributed by atoms with E-state index in [1.165, 1.54) is 0 Å². The first kappa shape index (κ1) is 10.8. The van der Waals surface area contributed by atoms with E-state index in [1.54, 1.807) is 0 Å². The minimum Gasteiger partial charge on any atom is -0.395 e. The Kier molecular flexibility index (Phi) is 10.6. The fourth-order valence-corrected chi connectivity index (χ4v) is 0.0745. The second kappa shape index (κ2) is 6.88. The summed E-state index contributed by atoms with van der Waals surface area (Å²) in [6.07, 6.45) is 0. The summed E-state index contributed by atoms with van der Waals surface area (Å²) in [5.41, 5.74) is 5.08. The predicted octanol–water partition coefficient (Wildman–Crippen LogP) is 0.279. The average molecular weight is 235 g/mol. The number of aliphatic hydroxyl groups is 1. The van der Waals surface area contributed by atoms with Gasteiger partial charge in [0.25, 0.3) is 0 Å². The molecule has 0 rings (SSSR count). The number of aliphatic hydroxyl groups excluding tert-OH is 1. The van der Waals surface area contributed by atoms with Crippen molar-refractivity contribution >= 4 is 32.9 Å². The van der Waals surface area contributed by atoms with E-state index in [0.29, 0.717) is 6.54 Å². The Morgan fingerprint density at radius 1 is 1.71 bits per heavy atom. The Morgan fingerprint density at radius 3 is 2.14 bits per heavy atom. The van der Waals surface area contributed by atoms with Gasteiger partial charge in [0.05, 0.1) is 6.61 Å². The highest BCUT2D eigenvalue weighted by Crippen LogP contribution is 1.91. The molecule has 7 heavy (non-hydrogen) atoms. The molecule has 0 bridgehead atoms. The van der Waals surface area contributed by atoms with Crippen LogP contribution in [0.5, 0.6) is 0 Å². The molecule has 3 N–H and O–H groups in total. The van der Waals surface area contributed by atoms with Crippen LogP contribution in [0.2, 0.25) is 0 Å². The maximum Gasteiger partial charge on any atom is 0.0568 e. The van der Waals surface area contributed by atoms with Crippen LogP contribution in [-0.4, -0.2) is 23.1 Å². The van der Waals surface area contributed by atoms with Crippen molar-refractivity contribution in [2.75, 3.05) is 13.2 Å². The third kappa shape index (κ3) is 6.88. The lowest BCUT2D eigenvalue weighted by atomic mass is 10.5. The minimum absolute atomic E-state index is 0. The van der Waals surface area contributed by atoms with Crippen molar-refractivity contribution in [2.24, 2.45) is 5.73 Å². The molecule has 0 aromatic heterocycles. The second-order valence-corrected chi connectivity index (χ2v) is 2.31. The van der Waals surface area contributed by atoms with E-state index in [4.69, 9.17) is 10.8 Å². The quantitative estimate of drug-likeness (QED) is 0.675. The van der Waals surface area contributed by atoms with Crippen molar-refractivity contribution in [3.63, 3.8) is 0 Å². The first-order chi connectivity index (χ1) is 2.81. The zero-order valence-electron chi connectivity index (χ0n) is 3.80. The van der Waals surface area contributed by atoms with Gasteiger partial charge in [-0.2, -0.15) is 0 Å². The summed E-state index contributed by atoms with van der Waals surface area (Å²) in [5.74, 6) is 0. The summed E-state index contributed by atoms with van der Waals surface area (Å²) in [6, 6.07) is 0. The number of rotatable bonds is 2. The van der Waals surface area contributed by atoms with Gasteiger partial charge in [-0.15, -0.1) is 17.0 Å². The van der Waals surface area contributed by atoms with Gasteiger partial charge >= 0.3 is 0 Å². The van der Waals surface area contributed by atoms with Gasteiger partial charge in [-0.3, -0.25) is 0 Å². The Balaban J connectivity index is 0. The van der Waals surface area contributed by atoms with Gasteiger partial charge in [-0.1, -0.05) is 15.9 Å². The molecule has 0 saturated carbocycles. The molecular weight excluding hydrogens is 226 g/mol. The Hall–Kier alpha value is 0.880. The van der Waals surface area contributed by atoms with E-state index in [1.807, 2.05) is 0 Å². The van der Waals surface area contributed by atoms with Crippen LogP contribution in [0.15, 0.2) is 0 Å². The van der Waals surface area contributed by atoms with Gasteiger partial charge in [-0.25, -0.2) is 0 Å². The summed E-state index contributed by atoms with van der Waals surface area (Å²) in [4.78, 5) is 0.0810. The molecule has 1 unspecified atom stereocenters. The lowest BCUT2D eigenvalue weighted by Gasteiger charge is -1.95. The lowest BCUT2D eigenvalue weighted by molar-refractivity contribution is 0.298. The Morgan fingerprint density at radius 2 is 2.14 bits per heavy atom. The fraction of sp³-hybridized carbons (Fsp3) is 1.00. The van der Waals surface area contributed by atoms with Crippen molar-refractivity contribution < 1.29 is 5.11 Å². The molecule has 0 fully saturated rings. The number of hydrogen-bond acceptors (Lipinski definition) is 2. The molecule has 0 aliphatic rings. The van der Waals surface area contributed by atoms with Crippen molar-refractivity contribution in [3.05, 3.63) is 0 Å². The van der Waals surface area contributed by atoms with Crippen molar-refractivity contribution in [1.82, 2.24) is 0 Å². The van der Waals surface area contributed by atoms with Crippen LogP contribution in [0.1, 0.15) is 0 Å². The third-order valence-electron chi connectivity index (χ3n) is 0.454. The normalized spacial score (nSPS) is 12.4. The summed E-state index contributed by atoms with van der Waals surface area (Å²) >= 11 is 3.10. The van der Waals surface area contributed by atoms with E-state index in [2.05, 4.69) is 15.9 Å². The molecule has 0 aromatic carbocycles. The Bertz CT molecular complexity index is 32.1. The molecule has 1 atom stereocenters. The SMILES string of the molecule is Br.NCC(Br)CO. The minimum atomic E-state index is 0. The summed E-state index contributed by atoms with van der Waals surface area (Å²) < 4.78 is 0. The Labute approximate surface area is 62.0 Å². The van der Waals surface area contributed by atoms with E-state index in [-0.39, 0.29) is 28.4 Å². The molecule has 0 amide bonds. The van der Waals surface area contributed by atoms with Crippen molar-refractivity contribution in [3.8, 4) is 0 Å². The standard InChI is InChI=1S/C3H8BrNO.BrH/c4-3(1-5)2-6;/h3,6H,1-2,5H2;1H. The van der Waals surface area contributed by atoms with E-state index in [0.717, 1.165) is 0 Å². The van der Waals surface area contributed by atoms with Crippen LogP contribution in [0.25, 0.3) is 0 Å². The van der Waals surface area contributed by atoms with Gasteiger partial charge in [-0.05, 0) is 0 Å². The van der Waals surface area contributed by atoms with Crippen LogP contribution in [0, 0.1) is 0 Å². The van der Waals surface area contributed by atoms with E-state index in [9.17, 15) is 0 Å². The third-order valence-corrected chi connectivity index (χ3v) is 1.12. The molecule has 4 heteroatoms. The largest absolute Gasteiger partial charge is 0.395 e. The maximum absolute atomic E-state index is 8.21. The molecule has 0 saturated heterocycles. The second-order valence-electron chi connectivity index (χ2n) is 1.02. The zero-order chi connectivity index (χ0) is 4.99.